The van der Waals surface area contributed by atoms with Gasteiger partial charge in [-0.05, 0) is 31.9 Å². The third-order valence-corrected chi connectivity index (χ3v) is 5.19. The van der Waals surface area contributed by atoms with Crippen LogP contribution in [0.5, 0.6) is 23.5 Å². The third kappa shape index (κ3) is 7.56. The lowest BCUT2D eigenvalue weighted by atomic mass is 9.97. The molecule has 2 rings (SSSR count). The normalized spacial score (nSPS) is 13.1. The molecule has 1 aromatic carbocycles. The molecule has 0 saturated heterocycles. The maximum atomic E-state index is 13.2. The van der Waals surface area contributed by atoms with Crippen LogP contribution in [0.2, 0.25) is 0 Å². The summed E-state index contributed by atoms with van der Waals surface area (Å²) in [5.41, 5.74) is 0.164. The number of carbonyl (C=O) groups excluding carboxylic acids is 3. The second kappa shape index (κ2) is 13.1. The van der Waals surface area contributed by atoms with Gasteiger partial charge in [0.05, 0.1) is 32.5 Å². The number of esters is 1. The van der Waals surface area contributed by atoms with Gasteiger partial charge in [-0.15, -0.1) is 0 Å². The molecule has 0 aliphatic carbocycles. The van der Waals surface area contributed by atoms with Crippen molar-refractivity contribution in [3.8, 4) is 23.5 Å². The molecule has 0 bridgehead atoms. The molecular formula is C24H32N4O7. The van der Waals surface area contributed by atoms with E-state index in [1.54, 1.807) is 31.2 Å². The summed E-state index contributed by atoms with van der Waals surface area (Å²) < 4.78 is 21.0. The van der Waals surface area contributed by atoms with Crippen LogP contribution in [0.15, 0.2) is 30.3 Å². The van der Waals surface area contributed by atoms with Crippen molar-refractivity contribution in [2.45, 2.75) is 46.2 Å². The number of aromatic nitrogens is 2. The minimum Gasteiger partial charge on any atom is -0.481 e. The van der Waals surface area contributed by atoms with Gasteiger partial charge in [-0.1, -0.05) is 32.4 Å². The highest BCUT2D eigenvalue weighted by Crippen LogP contribution is 2.26. The van der Waals surface area contributed by atoms with Crippen molar-refractivity contribution in [1.82, 2.24) is 20.6 Å². The molecule has 0 fully saturated rings. The van der Waals surface area contributed by atoms with Gasteiger partial charge >= 0.3 is 12.0 Å². The standard InChI is InChI=1S/C24H32N4O7/c1-7-14(3)20(22(30)25-15(4)23(31)34-8-2)28-21(29)16-11-9-10-12-17(16)35-24-26-18(32-5)13-19(27-24)33-6/h9-15,20H,7-8H2,1-6H3,(H,25,30)(H,28,29). The first kappa shape index (κ1) is 27.4. The van der Waals surface area contributed by atoms with Crippen LogP contribution < -0.4 is 24.8 Å². The van der Waals surface area contributed by atoms with Crippen molar-refractivity contribution >= 4 is 17.8 Å². The van der Waals surface area contributed by atoms with E-state index in [9.17, 15) is 14.4 Å². The lowest BCUT2D eigenvalue weighted by Gasteiger charge is -2.25. The molecule has 35 heavy (non-hydrogen) atoms. The molecule has 0 radical (unpaired) electrons. The molecule has 2 N–H and O–H groups in total. The first-order valence-corrected chi connectivity index (χ1v) is 11.3. The van der Waals surface area contributed by atoms with Crippen molar-refractivity contribution in [2.75, 3.05) is 20.8 Å². The molecule has 190 valence electrons. The molecule has 11 heteroatoms. The molecule has 1 heterocycles. The molecule has 0 aliphatic rings. The SMILES string of the molecule is CCOC(=O)C(C)NC(=O)C(NC(=O)c1ccccc1Oc1nc(OC)cc(OC)n1)C(C)CC. The van der Waals surface area contributed by atoms with E-state index in [1.807, 2.05) is 13.8 Å². The topological polar surface area (TPSA) is 138 Å². The molecule has 1 aromatic heterocycles. The maximum absolute atomic E-state index is 13.2. The van der Waals surface area contributed by atoms with Gasteiger partial charge in [0, 0.05) is 0 Å². The summed E-state index contributed by atoms with van der Waals surface area (Å²) in [7, 11) is 2.88. The Kier molecular flexibility index (Phi) is 10.2. The number of nitrogens with one attached hydrogen (secondary N) is 2. The summed E-state index contributed by atoms with van der Waals surface area (Å²) in [6, 6.07) is 6.12. The second-order valence-electron chi connectivity index (χ2n) is 7.65. The zero-order valence-electron chi connectivity index (χ0n) is 20.8. The molecule has 3 atom stereocenters. The molecule has 3 unspecified atom stereocenters. The van der Waals surface area contributed by atoms with Gasteiger partial charge < -0.3 is 29.6 Å². The van der Waals surface area contributed by atoms with Gasteiger partial charge in [-0.2, -0.15) is 9.97 Å². The Hall–Kier alpha value is -3.89. The summed E-state index contributed by atoms with van der Waals surface area (Å²) in [5.74, 6) is -1.19. The van der Waals surface area contributed by atoms with E-state index in [2.05, 4.69) is 20.6 Å². The van der Waals surface area contributed by atoms with Gasteiger partial charge in [0.25, 0.3) is 5.91 Å². The Morgan fingerprint density at radius 2 is 1.60 bits per heavy atom. The predicted molar refractivity (Wildman–Crippen MR) is 127 cm³/mol. The van der Waals surface area contributed by atoms with Crippen molar-refractivity contribution in [2.24, 2.45) is 5.92 Å². The van der Waals surface area contributed by atoms with Crippen LogP contribution in [0.25, 0.3) is 0 Å². The van der Waals surface area contributed by atoms with Crippen molar-refractivity contribution in [3.05, 3.63) is 35.9 Å². The number of amides is 2. The summed E-state index contributed by atoms with van der Waals surface area (Å²) in [4.78, 5) is 46.3. The first-order chi connectivity index (χ1) is 16.7. The van der Waals surface area contributed by atoms with Gasteiger partial charge in [-0.3, -0.25) is 9.59 Å². The number of nitrogens with zero attached hydrogens (tertiary/aromatic N) is 2. The van der Waals surface area contributed by atoms with Crippen LogP contribution in [0, 0.1) is 5.92 Å². The summed E-state index contributed by atoms with van der Waals surface area (Å²) in [6.07, 6.45) is 0.613. The summed E-state index contributed by atoms with van der Waals surface area (Å²) in [6.45, 7) is 7.14. The largest absolute Gasteiger partial charge is 0.481 e. The Bertz CT molecular complexity index is 1010. The molecule has 0 saturated carbocycles. The Morgan fingerprint density at radius 1 is 0.971 bits per heavy atom. The second-order valence-corrected chi connectivity index (χ2v) is 7.65. The lowest BCUT2D eigenvalue weighted by Crippen LogP contribution is -2.53. The van der Waals surface area contributed by atoms with Crippen LogP contribution in [0.4, 0.5) is 0 Å². The highest BCUT2D eigenvalue weighted by atomic mass is 16.5. The fourth-order valence-corrected chi connectivity index (χ4v) is 3.03. The smallest absolute Gasteiger partial charge is 0.328 e. The third-order valence-electron chi connectivity index (χ3n) is 5.19. The van der Waals surface area contributed by atoms with Gasteiger partial charge in [0.2, 0.25) is 17.7 Å². The van der Waals surface area contributed by atoms with Gasteiger partial charge in [-0.25, -0.2) is 4.79 Å². The zero-order chi connectivity index (χ0) is 26.0. The van der Waals surface area contributed by atoms with Crippen LogP contribution in [0.3, 0.4) is 0 Å². The van der Waals surface area contributed by atoms with E-state index in [1.165, 1.54) is 27.2 Å². The number of methoxy groups -OCH3 is 2. The van der Waals surface area contributed by atoms with Crippen molar-refractivity contribution < 1.29 is 33.3 Å². The Morgan fingerprint density at radius 3 is 2.17 bits per heavy atom. The maximum Gasteiger partial charge on any atom is 0.328 e. The minimum absolute atomic E-state index is 0.0825. The fraction of sp³-hybridized carbons (Fsp3) is 0.458. The highest BCUT2D eigenvalue weighted by Gasteiger charge is 2.30. The van der Waals surface area contributed by atoms with E-state index < -0.39 is 29.9 Å². The average molecular weight is 489 g/mol. The Labute approximate surface area is 204 Å². The summed E-state index contributed by atoms with van der Waals surface area (Å²) >= 11 is 0. The van der Waals surface area contributed by atoms with E-state index >= 15 is 0 Å². The Balaban J connectivity index is 2.25. The quantitative estimate of drug-likeness (QED) is 0.432. The number of hydrogen-bond donors (Lipinski definition) is 2. The first-order valence-electron chi connectivity index (χ1n) is 11.3. The summed E-state index contributed by atoms with van der Waals surface area (Å²) in [5, 5.41) is 5.37. The number of para-hydroxylation sites is 1. The van der Waals surface area contributed by atoms with Crippen LogP contribution in [0.1, 0.15) is 44.5 Å². The van der Waals surface area contributed by atoms with Crippen LogP contribution in [-0.2, 0) is 14.3 Å². The molecular weight excluding hydrogens is 456 g/mol. The number of ether oxygens (including phenoxy) is 4. The minimum atomic E-state index is -0.898. The van der Waals surface area contributed by atoms with E-state index in [0.29, 0.717) is 6.42 Å². The van der Waals surface area contributed by atoms with E-state index in [0.717, 1.165) is 0 Å². The number of hydrogen-bond acceptors (Lipinski definition) is 9. The molecule has 2 amide bonds. The number of rotatable bonds is 12. The molecule has 0 aliphatic heterocycles. The van der Waals surface area contributed by atoms with Crippen LogP contribution >= 0.6 is 0 Å². The van der Waals surface area contributed by atoms with E-state index in [-0.39, 0.29) is 41.6 Å². The zero-order valence-corrected chi connectivity index (χ0v) is 20.8. The predicted octanol–water partition coefficient (Wildman–Crippen LogP) is 2.50. The monoisotopic (exact) mass is 488 g/mol. The lowest BCUT2D eigenvalue weighted by molar-refractivity contribution is -0.147. The highest BCUT2D eigenvalue weighted by molar-refractivity contribution is 6.00. The van der Waals surface area contributed by atoms with Gasteiger partial charge in [0.15, 0.2) is 0 Å². The molecule has 0 spiro atoms. The number of carbonyl (C=O) groups is 3. The fourth-order valence-electron chi connectivity index (χ4n) is 3.03. The van der Waals surface area contributed by atoms with E-state index in [4.69, 9.17) is 18.9 Å². The number of benzene rings is 1. The average Bonchev–Trinajstić information content (AvgIpc) is 2.86. The van der Waals surface area contributed by atoms with Gasteiger partial charge in [0.1, 0.15) is 17.8 Å². The molecule has 11 nitrogen and oxygen atoms in total. The van der Waals surface area contributed by atoms with Crippen molar-refractivity contribution in [3.63, 3.8) is 0 Å². The van der Waals surface area contributed by atoms with Crippen LogP contribution in [-0.4, -0.2) is 60.7 Å². The molecule has 2 aromatic rings. The van der Waals surface area contributed by atoms with Crippen molar-refractivity contribution in [1.29, 1.82) is 0 Å².